The van der Waals surface area contributed by atoms with Crippen molar-refractivity contribution < 1.29 is 28.7 Å². The van der Waals surface area contributed by atoms with E-state index in [1.165, 1.54) is 13.8 Å². The van der Waals surface area contributed by atoms with Crippen LogP contribution in [0.3, 0.4) is 0 Å². The number of piperidine rings is 1. The summed E-state index contributed by atoms with van der Waals surface area (Å²) in [5.41, 5.74) is -1.12. The normalized spacial score (nSPS) is 19.1. The van der Waals surface area contributed by atoms with Gasteiger partial charge in [0.2, 0.25) is 11.8 Å². The van der Waals surface area contributed by atoms with Crippen molar-refractivity contribution >= 4 is 29.5 Å². The Balaban J connectivity index is 1.59. The van der Waals surface area contributed by atoms with Crippen LogP contribution in [0.4, 0.5) is 4.79 Å². The summed E-state index contributed by atoms with van der Waals surface area (Å²) in [6.45, 7) is 14.6. The lowest BCUT2D eigenvalue weighted by molar-refractivity contribution is -0.146. The number of alkyl carbamates (subject to hydrolysis) is 1. The van der Waals surface area contributed by atoms with Crippen LogP contribution < -0.4 is 10.6 Å². The summed E-state index contributed by atoms with van der Waals surface area (Å²) in [5, 5.41) is 11.8. The number of nitrogens with zero attached hydrogens (tertiary/aromatic N) is 3. The minimum absolute atomic E-state index is 0.107. The van der Waals surface area contributed by atoms with E-state index in [-0.39, 0.29) is 31.6 Å². The number of hydrogen-bond donors (Lipinski definition) is 2. The molecule has 4 amide bonds. The molecule has 0 aromatic heterocycles. The zero-order valence-electron chi connectivity index (χ0n) is 28.9. The Morgan fingerprint density at radius 2 is 1.51 bits per heavy atom. The van der Waals surface area contributed by atoms with Crippen LogP contribution in [-0.4, -0.2) is 81.9 Å². The van der Waals surface area contributed by atoms with Crippen molar-refractivity contribution in [1.82, 2.24) is 20.5 Å². The summed E-state index contributed by atoms with van der Waals surface area (Å²) < 4.78 is 11.3. The average Bonchev–Trinajstić information content (AvgIpc) is 3.27. The first-order valence-electron chi connectivity index (χ1n) is 16.1. The Labute approximate surface area is 278 Å². The summed E-state index contributed by atoms with van der Waals surface area (Å²) in [6.07, 6.45) is 0.0411. The highest BCUT2D eigenvalue weighted by molar-refractivity contribution is 6.14. The Morgan fingerprint density at radius 1 is 0.915 bits per heavy atom. The Kier molecular flexibility index (Phi) is 10.5. The summed E-state index contributed by atoms with van der Waals surface area (Å²) in [5.74, 6) is -1.11. The lowest BCUT2D eigenvalue weighted by Crippen LogP contribution is -2.63. The maximum absolute atomic E-state index is 14.3. The number of rotatable bonds is 10. The first-order valence-corrected chi connectivity index (χ1v) is 16.1. The quantitative estimate of drug-likeness (QED) is 0.392. The van der Waals surface area contributed by atoms with Crippen molar-refractivity contribution in [1.29, 1.82) is 0 Å². The van der Waals surface area contributed by atoms with Crippen LogP contribution in [0.25, 0.3) is 0 Å². The number of hydrogen-bond acceptors (Lipinski definition) is 7. The zero-order valence-corrected chi connectivity index (χ0v) is 28.9. The van der Waals surface area contributed by atoms with Crippen molar-refractivity contribution in [3.8, 4) is 0 Å². The number of nitrogens with one attached hydrogen (secondary N) is 2. The summed E-state index contributed by atoms with van der Waals surface area (Å²) in [7, 11) is 0. The van der Waals surface area contributed by atoms with Gasteiger partial charge in [0, 0.05) is 19.5 Å². The average molecular weight is 648 g/mol. The fourth-order valence-corrected chi connectivity index (χ4v) is 5.72. The van der Waals surface area contributed by atoms with Crippen LogP contribution in [0.2, 0.25) is 0 Å². The number of likely N-dealkylation sites (tertiary alicyclic amines) is 1. The predicted octanol–water partition coefficient (Wildman–Crippen LogP) is 4.45. The lowest BCUT2D eigenvalue weighted by Gasteiger charge is -2.41. The topological polar surface area (TPSA) is 130 Å². The third kappa shape index (κ3) is 8.77. The molecule has 2 atom stereocenters. The molecule has 2 aliphatic rings. The molecule has 2 aromatic rings. The van der Waals surface area contributed by atoms with E-state index in [2.05, 4.69) is 10.6 Å². The number of ether oxygens (including phenoxy) is 2. The van der Waals surface area contributed by atoms with Gasteiger partial charge in [-0.25, -0.2) is 9.80 Å². The van der Waals surface area contributed by atoms with E-state index in [9.17, 15) is 19.2 Å². The van der Waals surface area contributed by atoms with Gasteiger partial charge in [-0.05, 0) is 72.9 Å². The monoisotopic (exact) mass is 647 g/mol. The number of fused-ring (bicyclic) bond motifs is 1. The second-order valence-corrected chi connectivity index (χ2v) is 14.9. The summed E-state index contributed by atoms with van der Waals surface area (Å²) in [6, 6.07) is 18.2. The van der Waals surface area contributed by atoms with Gasteiger partial charge >= 0.3 is 6.09 Å². The molecule has 2 aliphatic heterocycles. The van der Waals surface area contributed by atoms with E-state index in [0.29, 0.717) is 19.4 Å². The second kappa shape index (κ2) is 13.9. The van der Waals surface area contributed by atoms with Gasteiger partial charge in [0.05, 0.1) is 24.5 Å². The fourth-order valence-electron chi connectivity index (χ4n) is 5.72. The molecule has 0 bridgehead atoms. The minimum atomic E-state index is -1.41. The third-order valence-electron chi connectivity index (χ3n) is 8.13. The van der Waals surface area contributed by atoms with E-state index < -0.39 is 40.1 Å². The third-order valence-corrected chi connectivity index (χ3v) is 8.13. The molecular formula is C36H49N5O6. The molecule has 2 heterocycles. The minimum Gasteiger partial charge on any atom is -0.444 e. The molecule has 0 saturated carbocycles. The van der Waals surface area contributed by atoms with E-state index >= 15 is 0 Å². The molecule has 2 N–H and O–H groups in total. The predicted molar refractivity (Wildman–Crippen MR) is 179 cm³/mol. The maximum Gasteiger partial charge on any atom is 0.408 e. The molecule has 4 rings (SSSR count). The van der Waals surface area contributed by atoms with Gasteiger partial charge in [-0.2, -0.15) is 5.10 Å². The molecule has 254 valence electrons. The molecule has 0 unspecified atom stereocenters. The molecule has 0 aliphatic carbocycles. The van der Waals surface area contributed by atoms with Crippen molar-refractivity contribution in [2.75, 3.05) is 19.7 Å². The Morgan fingerprint density at radius 3 is 2.09 bits per heavy atom. The van der Waals surface area contributed by atoms with E-state index in [4.69, 9.17) is 14.6 Å². The van der Waals surface area contributed by atoms with Crippen LogP contribution in [0.5, 0.6) is 0 Å². The highest BCUT2D eigenvalue weighted by Gasteiger charge is 2.56. The van der Waals surface area contributed by atoms with E-state index in [1.807, 2.05) is 81.4 Å². The molecule has 0 radical (unpaired) electrons. The first kappa shape index (κ1) is 35.6. The molecule has 47 heavy (non-hydrogen) atoms. The Bertz CT molecular complexity index is 1480. The lowest BCUT2D eigenvalue weighted by atomic mass is 9.73. The molecule has 11 heteroatoms. The number of carbonyl (C=O) groups is 4. The van der Waals surface area contributed by atoms with Gasteiger partial charge in [0.1, 0.15) is 22.6 Å². The smallest absolute Gasteiger partial charge is 0.408 e. The van der Waals surface area contributed by atoms with Gasteiger partial charge in [0.25, 0.3) is 5.91 Å². The van der Waals surface area contributed by atoms with Crippen LogP contribution in [0, 0.1) is 5.41 Å². The molecule has 11 nitrogen and oxygen atoms in total. The first-order chi connectivity index (χ1) is 21.9. The standard InChI is InChI=1S/C36H49N5O6/c1-33(2,3)41-31(44)36(21-25-15-11-9-12-16-25)24-40(20-19-28(36)39-41)29(42)27(23-46-22-26-17-13-10-14-18-26)37-30(43)35(7,8)38-32(45)47-34(4,5)6/h9-18,27H,19-24H2,1-8H3,(H,37,43)(H,38,45)/t27-,36+/m1/s1. The second-order valence-electron chi connectivity index (χ2n) is 14.9. The van der Waals surface area contributed by atoms with Gasteiger partial charge < -0.3 is 25.0 Å². The van der Waals surface area contributed by atoms with Crippen molar-refractivity contribution in [3.05, 3.63) is 71.8 Å². The largest absolute Gasteiger partial charge is 0.444 e. The molecular weight excluding hydrogens is 598 g/mol. The van der Waals surface area contributed by atoms with Crippen molar-refractivity contribution in [2.24, 2.45) is 10.5 Å². The van der Waals surface area contributed by atoms with Gasteiger partial charge in [-0.1, -0.05) is 60.7 Å². The van der Waals surface area contributed by atoms with Crippen LogP contribution in [-0.2, 0) is 36.9 Å². The SMILES string of the molecule is CC(C)(C)OC(=O)NC(C)(C)C(=O)N[C@H](COCc1ccccc1)C(=O)N1CCC2=NN(C(C)(C)C)C(=O)[C@@]2(Cc2ccccc2)C1. The van der Waals surface area contributed by atoms with Crippen LogP contribution in [0.15, 0.2) is 65.8 Å². The number of amides is 4. The molecule has 2 aromatic carbocycles. The van der Waals surface area contributed by atoms with Crippen LogP contribution >= 0.6 is 0 Å². The highest BCUT2D eigenvalue weighted by atomic mass is 16.6. The maximum atomic E-state index is 14.3. The fraction of sp³-hybridized carbons (Fsp3) is 0.528. The molecule has 1 saturated heterocycles. The van der Waals surface area contributed by atoms with Crippen molar-refractivity contribution in [2.45, 2.75) is 97.6 Å². The number of benzene rings is 2. The summed E-state index contributed by atoms with van der Waals surface area (Å²) >= 11 is 0. The number of hydrazone groups is 1. The van der Waals surface area contributed by atoms with E-state index in [1.54, 1.807) is 30.7 Å². The van der Waals surface area contributed by atoms with Gasteiger partial charge in [-0.3, -0.25) is 14.4 Å². The highest BCUT2D eigenvalue weighted by Crippen LogP contribution is 2.41. The van der Waals surface area contributed by atoms with Crippen LogP contribution in [0.1, 0.15) is 72.9 Å². The Hall–Kier alpha value is -4.25. The van der Waals surface area contributed by atoms with Crippen molar-refractivity contribution in [3.63, 3.8) is 0 Å². The number of carbonyl (C=O) groups excluding carboxylic acids is 4. The molecule has 1 fully saturated rings. The van der Waals surface area contributed by atoms with E-state index in [0.717, 1.165) is 16.8 Å². The zero-order chi connectivity index (χ0) is 34.6. The van der Waals surface area contributed by atoms with Gasteiger partial charge in [0.15, 0.2) is 0 Å². The van der Waals surface area contributed by atoms with Gasteiger partial charge in [-0.15, -0.1) is 0 Å². The molecule has 0 spiro atoms. The summed E-state index contributed by atoms with van der Waals surface area (Å²) in [4.78, 5) is 56.3.